The van der Waals surface area contributed by atoms with Crippen LogP contribution in [0.25, 0.3) is 6.08 Å². The van der Waals surface area contributed by atoms with E-state index in [1.54, 1.807) is 0 Å². The molecule has 0 saturated carbocycles. The fourth-order valence-electron chi connectivity index (χ4n) is 4.42. The third-order valence-electron chi connectivity index (χ3n) is 6.44. The molecule has 1 atom stereocenters. The highest BCUT2D eigenvalue weighted by Gasteiger charge is 2.69. The predicted octanol–water partition coefficient (Wildman–Crippen LogP) is 2.11. The number of halogens is 2. The first-order valence-electron chi connectivity index (χ1n) is 11.5. The summed E-state index contributed by atoms with van der Waals surface area (Å²) >= 11 is 5.72. The van der Waals surface area contributed by atoms with Gasteiger partial charge < -0.3 is 15.0 Å². The Hall–Kier alpha value is -3.64. The van der Waals surface area contributed by atoms with E-state index in [1.807, 2.05) is 0 Å². The normalized spacial score (nSPS) is 22.2. The summed E-state index contributed by atoms with van der Waals surface area (Å²) in [6, 6.07) is 6.30. The minimum Gasteiger partial charge on any atom is -0.496 e. The van der Waals surface area contributed by atoms with Gasteiger partial charge in [-0.25, -0.2) is 17.8 Å². The Bertz CT molecular complexity index is 1440. The highest BCUT2D eigenvalue weighted by Crippen LogP contribution is 2.48. The van der Waals surface area contributed by atoms with E-state index in [0.717, 1.165) is 11.1 Å². The number of hydrogen-bond acceptors (Lipinski definition) is 8. The van der Waals surface area contributed by atoms with Gasteiger partial charge in [-0.15, -0.1) is 0 Å². The third kappa shape index (κ3) is 4.93. The van der Waals surface area contributed by atoms with Gasteiger partial charge in [0.15, 0.2) is 0 Å². The number of carbonyl (C=O) groups is 4. The van der Waals surface area contributed by atoms with Gasteiger partial charge in [0.05, 0.1) is 25.0 Å². The Morgan fingerprint density at radius 3 is 2.55 bits per heavy atom. The fourth-order valence-corrected chi connectivity index (χ4v) is 6.51. The summed E-state index contributed by atoms with van der Waals surface area (Å²) in [5.74, 6) is -1.23. The number of rotatable bonds is 4. The molecule has 10 nitrogen and oxygen atoms in total. The number of methoxy groups -OCH3 is 1. The van der Waals surface area contributed by atoms with Crippen LogP contribution in [0.1, 0.15) is 31.2 Å². The molecular weight excluding hydrogens is 541 g/mol. The monoisotopic (exact) mass is 563 g/mol. The molecule has 1 aromatic carbocycles. The zero-order valence-corrected chi connectivity index (χ0v) is 21.8. The summed E-state index contributed by atoms with van der Waals surface area (Å²) in [6.45, 7) is 0.329. The van der Waals surface area contributed by atoms with Crippen LogP contribution in [0.5, 0.6) is 5.75 Å². The van der Waals surface area contributed by atoms with Crippen molar-refractivity contribution in [1.29, 1.82) is 0 Å². The standard InChI is InChI=1S/C19H14ClFN2O5S.C6H9NO2/c1-28-15-4-2-13(21)7-11(15)6-12-10-23-17(24)8-19(23,18(12)25)29(26,27)14-3-5-16(20)22-9-14;8-5-1-2-6(9)7-4-3-5/h2-7,9H,8,10H2,1H3;1-4H2,(H,7,9). The van der Waals surface area contributed by atoms with Crippen LogP contribution >= 0.6 is 11.6 Å². The first-order valence-corrected chi connectivity index (χ1v) is 13.4. The third-order valence-corrected chi connectivity index (χ3v) is 8.96. The first-order chi connectivity index (χ1) is 18.0. The predicted molar refractivity (Wildman–Crippen MR) is 133 cm³/mol. The molecule has 200 valence electrons. The molecule has 3 saturated heterocycles. The van der Waals surface area contributed by atoms with E-state index >= 15 is 0 Å². The molecule has 38 heavy (non-hydrogen) atoms. The molecule has 4 heterocycles. The van der Waals surface area contributed by atoms with Gasteiger partial charge in [0.25, 0.3) is 0 Å². The van der Waals surface area contributed by atoms with E-state index in [1.165, 1.54) is 43.5 Å². The lowest BCUT2D eigenvalue weighted by Crippen LogP contribution is -2.67. The number of hydrogen-bond donors (Lipinski definition) is 1. The minimum atomic E-state index is -4.26. The second kappa shape index (κ2) is 10.6. The van der Waals surface area contributed by atoms with Gasteiger partial charge in [0.1, 0.15) is 22.5 Å². The molecular formula is C25H23ClFN3O7S. The van der Waals surface area contributed by atoms with Gasteiger partial charge in [-0.05, 0) is 36.4 Å². The first kappa shape index (κ1) is 27.4. The van der Waals surface area contributed by atoms with Crippen LogP contribution in [0, 0.1) is 5.82 Å². The van der Waals surface area contributed by atoms with Crippen LogP contribution in [-0.2, 0) is 29.0 Å². The van der Waals surface area contributed by atoms with Crippen molar-refractivity contribution in [2.45, 2.75) is 35.4 Å². The summed E-state index contributed by atoms with van der Waals surface area (Å²) in [5, 5.41) is 2.71. The van der Waals surface area contributed by atoms with Crippen LogP contribution in [0.2, 0.25) is 5.15 Å². The van der Waals surface area contributed by atoms with Gasteiger partial charge in [0, 0.05) is 43.1 Å². The Morgan fingerprint density at radius 2 is 1.89 bits per heavy atom. The quantitative estimate of drug-likeness (QED) is 0.339. The number of nitrogens with zero attached hydrogens (tertiary/aromatic N) is 2. The van der Waals surface area contributed by atoms with Crippen LogP contribution < -0.4 is 10.1 Å². The van der Waals surface area contributed by atoms with Crippen molar-refractivity contribution in [2.75, 3.05) is 20.2 Å². The summed E-state index contributed by atoms with van der Waals surface area (Å²) in [7, 11) is -2.87. The summed E-state index contributed by atoms with van der Waals surface area (Å²) in [4.78, 5) is 49.1. The Labute approximate surface area is 222 Å². The van der Waals surface area contributed by atoms with Gasteiger partial charge in [0.2, 0.25) is 32.3 Å². The number of fused-ring (bicyclic) bond motifs is 1. The van der Waals surface area contributed by atoms with Gasteiger partial charge >= 0.3 is 0 Å². The van der Waals surface area contributed by atoms with Crippen molar-refractivity contribution in [1.82, 2.24) is 15.2 Å². The maximum Gasteiger partial charge on any atom is 0.228 e. The summed E-state index contributed by atoms with van der Waals surface area (Å²) < 4.78 is 45.3. The SMILES string of the molecule is COc1ccc(F)cc1C=C1CN2C(=O)CC2(S(=O)(=O)c2ccc(Cl)nc2)C1=O.O=C1CCNC(=O)CC1. The zero-order valence-electron chi connectivity index (χ0n) is 20.2. The van der Waals surface area contributed by atoms with Crippen molar-refractivity contribution in [3.05, 3.63) is 58.6 Å². The Morgan fingerprint density at radius 1 is 1.13 bits per heavy atom. The smallest absolute Gasteiger partial charge is 0.228 e. The molecule has 1 aromatic heterocycles. The molecule has 0 radical (unpaired) electrons. The van der Waals surface area contributed by atoms with E-state index in [4.69, 9.17) is 16.3 Å². The molecule has 1 unspecified atom stereocenters. The molecule has 0 aliphatic carbocycles. The minimum absolute atomic E-state index is 0.000787. The molecule has 1 N–H and O–H groups in total. The highest BCUT2D eigenvalue weighted by atomic mass is 35.5. The van der Waals surface area contributed by atoms with E-state index in [-0.39, 0.29) is 39.4 Å². The van der Waals surface area contributed by atoms with E-state index in [0.29, 0.717) is 31.6 Å². The van der Waals surface area contributed by atoms with Crippen molar-refractivity contribution in [3.8, 4) is 5.75 Å². The highest BCUT2D eigenvalue weighted by molar-refractivity contribution is 7.93. The second-order valence-electron chi connectivity index (χ2n) is 8.78. The molecule has 0 spiro atoms. The molecule has 13 heteroatoms. The van der Waals surface area contributed by atoms with Crippen molar-refractivity contribution >= 4 is 50.9 Å². The van der Waals surface area contributed by atoms with Crippen LogP contribution in [0.3, 0.4) is 0 Å². The number of nitrogens with one attached hydrogen (secondary N) is 1. The van der Waals surface area contributed by atoms with Gasteiger partial charge in [-0.3, -0.25) is 19.2 Å². The lowest BCUT2D eigenvalue weighted by Gasteiger charge is -2.43. The molecule has 2 aromatic rings. The average molecular weight is 564 g/mol. The summed E-state index contributed by atoms with van der Waals surface area (Å²) in [6.07, 6.45) is 3.25. The number of amides is 2. The van der Waals surface area contributed by atoms with Crippen LogP contribution in [0.4, 0.5) is 4.39 Å². The average Bonchev–Trinajstić information content (AvgIpc) is 2.96. The lowest BCUT2D eigenvalue weighted by atomic mass is 9.99. The number of benzene rings is 1. The van der Waals surface area contributed by atoms with Crippen LogP contribution in [0.15, 0.2) is 47.0 Å². The molecule has 0 bridgehead atoms. The maximum absolute atomic E-state index is 13.7. The maximum atomic E-state index is 13.7. The topological polar surface area (TPSA) is 140 Å². The Kier molecular flexibility index (Phi) is 7.65. The largest absolute Gasteiger partial charge is 0.496 e. The van der Waals surface area contributed by atoms with E-state index in [9.17, 15) is 32.0 Å². The molecule has 2 amide bonds. The number of β-lactam (4-membered cyclic amide) rings is 1. The molecule has 5 rings (SSSR count). The van der Waals surface area contributed by atoms with E-state index in [2.05, 4.69) is 10.3 Å². The van der Waals surface area contributed by atoms with Crippen molar-refractivity contribution in [3.63, 3.8) is 0 Å². The molecule has 3 aliphatic rings. The van der Waals surface area contributed by atoms with Gasteiger partial charge in [-0.1, -0.05) is 11.6 Å². The number of Topliss-reactive ketones (excluding diaryl/α,β-unsaturated/α-hetero) is 2. The van der Waals surface area contributed by atoms with Crippen LogP contribution in [-0.4, -0.2) is 66.8 Å². The number of pyridine rings is 1. The van der Waals surface area contributed by atoms with Crippen molar-refractivity contribution < 1.29 is 36.7 Å². The summed E-state index contributed by atoms with van der Waals surface area (Å²) in [5.41, 5.74) is 0.344. The number of carbonyl (C=O) groups excluding carboxylic acids is 4. The number of ether oxygens (including phenoxy) is 1. The number of aromatic nitrogens is 1. The number of sulfone groups is 1. The second-order valence-corrected chi connectivity index (χ2v) is 11.3. The zero-order chi connectivity index (χ0) is 27.7. The van der Waals surface area contributed by atoms with E-state index < -0.39 is 38.6 Å². The molecule has 3 fully saturated rings. The fraction of sp³-hybridized carbons (Fsp3) is 0.320. The lowest BCUT2D eigenvalue weighted by molar-refractivity contribution is -0.150. The Balaban J connectivity index is 0.000000317. The van der Waals surface area contributed by atoms with Crippen molar-refractivity contribution in [2.24, 2.45) is 0 Å². The molecule has 3 aliphatic heterocycles. The number of ketones is 2. The van der Waals surface area contributed by atoms with Gasteiger partial charge in [-0.2, -0.15) is 0 Å².